The molecule has 0 unspecified atom stereocenters. The van der Waals surface area contributed by atoms with Crippen LogP contribution in [0.4, 0.5) is 5.69 Å². The number of carboxylic acids is 1. The first kappa shape index (κ1) is 14.2. The van der Waals surface area contributed by atoms with Gasteiger partial charge < -0.3 is 10.4 Å². The number of nitrogens with one attached hydrogen (secondary N) is 1. The number of aryl methyl sites for hydroxylation is 2. The molecule has 0 saturated heterocycles. The zero-order valence-electron chi connectivity index (χ0n) is 11.2. The van der Waals surface area contributed by atoms with Crippen LogP contribution in [-0.4, -0.2) is 17.0 Å². The van der Waals surface area contributed by atoms with Gasteiger partial charge in [-0.05, 0) is 44.9 Å². The van der Waals surface area contributed by atoms with Crippen molar-refractivity contribution in [2.24, 2.45) is 5.41 Å². The number of amides is 1. The predicted molar refractivity (Wildman–Crippen MR) is 70.6 cm³/mol. The molecule has 0 heterocycles. The van der Waals surface area contributed by atoms with Crippen molar-refractivity contribution in [3.63, 3.8) is 0 Å². The number of rotatable bonds is 4. The van der Waals surface area contributed by atoms with Gasteiger partial charge in [-0.25, -0.2) is 0 Å². The van der Waals surface area contributed by atoms with E-state index in [9.17, 15) is 9.59 Å². The topological polar surface area (TPSA) is 66.4 Å². The summed E-state index contributed by atoms with van der Waals surface area (Å²) < 4.78 is 0. The van der Waals surface area contributed by atoms with Gasteiger partial charge in [0.05, 0.1) is 5.41 Å². The van der Waals surface area contributed by atoms with Crippen molar-refractivity contribution in [2.45, 2.75) is 34.1 Å². The summed E-state index contributed by atoms with van der Waals surface area (Å²) in [6.45, 7) is 6.92. The van der Waals surface area contributed by atoms with Crippen LogP contribution >= 0.6 is 0 Å². The van der Waals surface area contributed by atoms with Gasteiger partial charge in [0, 0.05) is 12.1 Å². The summed E-state index contributed by atoms with van der Waals surface area (Å²) in [5.41, 5.74) is 1.69. The third-order valence-electron chi connectivity index (χ3n) is 2.85. The van der Waals surface area contributed by atoms with Crippen LogP contribution in [0.3, 0.4) is 0 Å². The second-order valence-corrected chi connectivity index (χ2v) is 5.23. The third-order valence-corrected chi connectivity index (χ3v) is 2.85. The van der Waals surface area contributed by atoms with Crippen LogP contribution in [0.1, 0.15) is 31.4 Å². The van der Waals surface area contributed by atoms with Crippen molar-refractivity contribution in [2.75, 3.05) is 5.32 Å². The van der Waals surface area contributed by atoms with Crippen LogP contribution in [0.15, 0.2) is 18.2 Å². The summed E-state index contributed by atoms with van der Waals surface area (Å²) in [4.78, 5) is 22.8. The van der Waals surface area contributed by atoms with Gasteiger partial charge in [0.1, 0.15) is 0 Å². The van der Waals surface area contributed by atoms with Crippen LogP contribution < -0.4 is 5.32 Å². The fourth-order valence-electron chi connectivity index (χ4n) is 1.54. The van der Waals surface area contributed by atoms with Crippen molar-refractivity contribution >= 4 is 17.6 Å². The first-order valence-corrected chi connectivity index (χ1v) is 5.83. The van der Waals surface area contributed by atoms with Gasteiger partial charge in [0.25, 0.3) is 0 Å². The quantitative estimate of drug-likeness (QED) is 0.862. The lowest BCUT2D eigenvalue weighted by Gasteiger charge is -2.18. The number of aliphatic carboxylic acids is 1. The molecule has 18 heavy (non-hydrogen) atoms. The summed E-state index contributed by atoms with van der Waals surface area (Å²) in [7, 11) is 0. The van der Waals surface area contributed by atoms with Gasteiger partial charge >= 0.3 is 5.97 Å². The molecule has 0 atom stereocenters. The van der Waals surface area contributed by atoms with Crippen molar-refractivity contribution in [1.82, 2.24) is 0 Å². The predicted octanol–water partition coefficient (Wildman–Crippen LogP) is 2.74. The Bertz CT molecular complexity index is 478. The van der Waals surface area contributed by atoms with Crippen LogP contribution in [0.5, 0.6) is 0 Å². The Morgan fingerprint density at radius 3 is 2.44 bits per heavy atom. The van der Waals surface area contributed by atoms with E-state index in [0.717, 1.165) is 16.8 Å². The highest BCUT2D eigenvalue weighted by Crippen LogP contribution is 2.22. The van der Waals surface area contributed by atoms with Crippen LogP contribution in [0.25, 0.3) is 0 Å². The maximum Gasteiger partial charge on any atom is 0.309 e. The van der Waals surface area contributed by atoms with E-state index in [-0.39, 0.29) is 12.3 Å². The number of carbonyl (C=O) groups is 2. The molecule has 0 aliphatic heterocycles. The van der Waals surface area contributed by atoms with Gasteiger partial charge in [-0.1, -0.05) is 12.1 Å². The molecule has 4 heteroatoms. The Labute approximate surface area is 107 Å². The Morgan fingerprint density at radius 2 is 1.89 bits per heavy atom. The van der Waals surface area contributed by atoms with Crippen LogP contribution in [0.2, 0.25) is 0 Å². The smallest absolute Gasteiger partial charge is 0.309 e. The lowest BCUT2D eigenvalue weighted by atomic mass is 9.89. The standard InChI is InChI=1S/C14H19NO3/c1-9-5-6-10(2)11(7-9)15-12(16)8-14(3,4)13(17)18/h5-7H,8H2,1-4H3,(H,15,16)(H,17,18). The Kier molecular flexibility index (Phi) is 4.11. The second-order valence-electron chi connectivity index (χ2n) is 5.23. The van der Waals surface area contributed by atoms with Crippen molar-refractivity contribution in [3.8, 4) is 0 Å². The number of carboxylic acid groups (broad SMARTS) is 1. The molecular formula is C14H19NO3. The van der Waals surface area contributed by atoms with E-state index in [0.29, 0.717) is 0 Å². The molecular weight excluding hydrogens is 230 g/mol. The largest absolute Gasteiger partial charge is 0.481 e. The molecule has 0 aliphatic carbocycles. The summed E-state index contributed by atoms with van der Waals surface area (Å²) >= 11 is 0. The van der Waals surface area contributed by atoms with Crippen molar-refractivity contribution < 1.29 is 14.7 Å². The monoisotopic (exact) mass is 249 g/mol. The summed E-state index contributed by atoms with van der Waals surface area (Å²) in [5.74, 6) is -1.25. The highest BCUT2D eigenvalue weighted by atomic mass is 16.4. The van der Waals surface area contributed by atoms with E-state index in [1.807, 2.05) is 32.0 Å². The van der Waals surface area contributed by atoms with E-state index >= 15 is 0 Å². The molecule has 1 aromatic rings. The molecule has 0 radical (unpaired) electrons. The van der Waals surface area contributed by atoms with E-state index in [2.05, 4.69) is 5.32 Å². The normalized spacial score (nSPS) is 11.1. The second kappa shape index (κ2) is 5.21. The van der Waals surface area contributed by atoms with E-state index in [1.54, 1.807) is 0 Å². The minimum atomic E-state index is -1.05. The first-order chi connectivity index (χ1) is 8.22. The molecule has 0 bridgehead atoms. The number of hydrogen-bond acceptors (Lipinski definition) is 2. The van der Waals surface area contributed by atoms with E-state index < -0.39 is 11.4 Å². The molecule has 0 aromatic heterocycles. The molecule has 2 N–H and O–H groups in total. The average molecular weight is 249 g/mol. The van der Waals surface area contributed by atoms with Gasteiger partial charge in [-0.15, -0.1) is 0 Å². The van der Waals surface area contributed by atoms with Crippen molar-refractivity contribution in [3.05, 3.63) is 29.3 Å². The molecule has 0 saturated carbocycles. The number of anilines is 1. The fourth-order valence-corrected chi connectivity index (χ4v) is 1.54. The molecule has 4 nitrogen and oxygen atoms in total. The highest BCUT2D eigenvalue weighted by Gasteiger charge is 2.30. The Balaban J connectivity index is 2.77. The van der Waals surface area contributed by atoms with Gasteiger partial charge in [0.2, 0.25) is 5.91 Å². The minimum absolute atomic E-state index is 0.0459. The zero-order valence-corrected chi connectivity index (χ0v) is 11.2. The first-order valence-electron chi connectivity index (χ1n) is 5.83. The summed E-state index contributed by atoms with van der Waals surface area (Å²) in [6.07, 6.45) is -0.0459. The molecule has 1 rings (SSSR count). The maximum atomic E-state index is 11.8. The van der Waals surface area contributed by atoms with Crippen molar-refractivity contribution in [1.29, 1.82) is 0 Å². The molecule has 1 aromatic carbocycles. The van der Waals surface area contributed by atoms with Crippen LogP contribution in [0, 0.1) is 19.3 Å². The summed E-state index contributed by atoms with van der Waals surface area (Å²) in [6, 6.07) is 5.76. The molecule has 0 spiro atoms. The minimum Gasteiger partial charge on any atom is -0.481 e. The Hall–Kier alpha value is -1.84. The molecule has 0 aliphatic rings. The lowest BCUT2D eigenvalue weighted by Crippen LogP contribution is -2.29. The molecule has 98 valence electrons. The number of benzene rings is 1. The van der Waals surface area contributed by atoms with Crippen LogP contribution in [-0.2, 0) is 9.59 Å². The Morgan fingerprint density at radius 1 is 1.28 bits per heavy atom. The zero-order chi connectivity index (χ0) is 13.9. The maximum absolute atomic E-state index is 11.8. The average Bonchev–Trinajstić information content (AvgIpc) is 2.22. The number of hydrogen-bond donors (Lipinski definition) is 2. The SMILES string of the molecule is Cc1ccc(C)c(NC(=O)CC(C)(C)C(=O)O)c1. The van der Waals surface area contributed by atoms with Gasteiger partial charge in [-0.2, -0.15) is 0 Å². The highest BCUT2D eigenvalue weighted by molar-refractivity contribution is 5.94. The van der Waals surface area contributed by atoms with Gasteiger partial charge in [0.15, 0.2) is 0 Å². The molecule has 1 amide bonds. The van der Waals surface area contributed by atoms with E-state index in [4.69, 9.17) is 5.11 Å². The van der Waals surface area contributed by atoms with E-state index in [1.165, 1.54) is 13.8 Å². The number of carbonyl (C=O) groups excluding carboxylic acids is 1. The third kappa shape index (κ3) is 3.58. The molecule has 0 fully saturated rings. The lowest BCUT2D eigenvalue weighted by molar-refractivity contribution is -0.148. The fraction of sp³-hybridized carbons (Fsp3) is 0.429. The summed E-state index contributed by atoms with van der Waals surface area (Å²) in [5, 5.41) is 11.7. The van der Waals surface area contributed by atoms with Gasteiger partial charge in [-0.3, -0.25) is 9.59 Å².